The molecule has 9 nitrogen and oxygen atoms in total. The predicted molar refractivity (Wildman–Crippen MR) is 108 cm³/mol. The zero-order valence-corrected chi connectivity index (χ0v) is 15.6. The van der Waals surface area contributed by atoms with Crippen LogP contribution in [0.5, 0.6) is 0 Å². The molecule has 9 heteroatoms. The van der Waals surface area contributed by atoms with Gasteiger partial charge >= 0.3 is 5.69 Å². The number of benzene rings is 1. The largest absolute Gasteiger partial charge is 0.351 e. The highest BCUT2D eigenvalue weighted by atomic mass is 16.2. The number of anilines is 1. The minimum atomic E-state index is -0.592. The number of rotatable bonds is 6. The summed E-state index contributed by atoms with van der Waals surface area (Å²) in [6, 6.07) is 12.5. The molecule has 0 amide bonds. The first-order valence-electron chi connectivity index (χ1n) is 8.95. The van der Waals surface area contributed by atoms with E-state index in [0.717, 1.165) is 5.56 Å². The number of Topliss-reactive ketones (excluding diaryl/α,β-unsaturated/α-hetero) is 1. The molecule has 0 aliphatic heterocycles. The molecule has 0 spiro atoms. The Morgan fingerprint density at radius 2 is 1.93 bits per heavy atom. The van der Waals surface area contributed by atoms with E-state index >= 15 is 0 Å². The molecule has 0 unspecified atom stereocenters. The molecule has 2 N–H and O–H groups in total. The van der Waals surface area contributed by atoms with E-state index < -0.39 is 11.2 Å². The Morgan fingerprint density at radius 1 is 1.14 bits per heavy atom. The molecule has 0 saturated carbocycles. The van der Waals surface area contributed by atoms with Gasteiger partial charge in [-0.1, -0.05) is 36.4 Å². The predicted octanol–water partition coefficient (Wildman–Crippen LogP) is 1.31. The van der Waals surface area contributed by atoms with Crippen molar-refractivity contribution in [3.05, 3.63) is 86.8 Å². The van der Waals surface area contributed by atoms with Gasteiger partial charge in [-0.2, -0.15) is 4.98 Å². The standard InChI is InChI=1S/C20H18N6O3/c1-25-17-16(18(28)24-20(25)29)26(12-15(27)14-7-3-2-4-8-14)19(23-17)22-11-13-6-5-9-21-10-13/h2-10H,11-12H2,1H3,(H,22,23)(H,24,28,29). The van der Waals surface area contributed by atoms with E-state index in [1.807, 2.05) is 18.2 Å². The number of aromatic nitrogens is 5. The van der Waals surface area contributed by atoms with Crippen LogP contribution in [0.1, 0.15) is 15.9 Å². The van der Waals surface area contributed by atoms with E-state index in [0.29, 0.717) is 18.1 Å². The number of carbonyl (C=O) groups is 1. The maximum Gasteiger partial charge on any atom is 0.329 e. The van der Waals surface area contributed by atoms with Crippen LogP contribution in [0.15, 0.2) is 64.4 Å². The Labute approximate surface area is 164 Å². The van der Waals surface area contributed by atoms with E-state index in [4.69, 9.17) is 0 Å². The number of imidazole rings is 1. The van der Waals surface area contributed by atoms with Gasteiger partial charge in [0.25, 0.3) is 5.56 Å². The quantitative estimate of drug-likeness (QED) is 0.480. The second kappa shape index (κ2) is 7.55. The van der Waals surface area contributed by atoms with Crippen LogP contribution >= 0.6 is 0 Å². The van der Waals surface area contributed by atoms with Crippen LogP contribution in [0.3, 0.4) is 0 Å². The first-order valence-corrected chi connectivity index (χ1v) is 8.95. The summed E-state index contributed by atoms with van der Waals surface area (Å²) in [6.45, 7) is 0.291. The Balaban J connectivity index is 1.79. The number of aryl methyl sites for hydroxylation is 1. The van der Waals surface area contributed by atoms with E-state index in [2.05, 4.69) is 20.3 Å². The number of nitrogens with one attached hydrogen (secondary N) is 2. The Hall–Kier alpha value is -4.01. The first kappa shape index (κ1) is 18.4. The van der Waals surface area contributed by atoms with E-state index in [9.17, 15) is 14.4 Å². The van der Waals surface area contributed by atoms with Gasteiger partial charge in [0.1, 0.15) is 0 Å². The number of ketones is 1. The molecule has 0 atom stereocenters. The van der Waals surface area contributed by atoms with Crippen LogP contribution < -0.4 is 16.6 Å². The van der Waals surface area contributed by atoms with E-state index in [1.165, 1.54) is 16.2 Å². The van der Waals surface area contributed by atoms with Crippen molar-refractivity contribution in [2.75, 3.05) is 5.32 Å². The molecule has 0 aliphatic carbocycles. The van der Waals surface area contributed by atoms with Gasteiger partial charge in [0.05, 0.1) is 6.54 Å². The fraction of sp³-hybridized carbons (Fsp3) is 0.150. The summed E-state index contributed by atoms with van der Waals surface area (Å²) in [7, 11) is 1.52. The lowest BCUT2D eigenvalue weighted by atomic mass is 10.1. The van der Waals surface area contributed by atoms with Crippen molar-refractivity contribution in [1.82, 2.24) is 24.1 Å². The third-order valence-corrected chi connectivity index (χ3v) is 4.58. The van der Waals surface area contributed by atoms with Gasteiger partial charge in [-0.05, 0) is 11.6 Å². The molecule has 4 aromatic rings. The summed E-state index contributed by atoms with van der Waals surface area (Å²) in [5, 5.41) is 3.14. The highest BCUT2D eigenvalue weighted by Gasteiger charge is 2.19. The normalized spacial score (nSPS) is 10.9. The molecule has 3 aromatic heterocycles. The minimum absolute atomic E-state index is 0.100. The molecular weight excluding hydrogens is 372 g/mol. The van der Waals surface area contributed by atoms with Crippen molar-refractivity contribution in [1.29, 1.82) is 0 Å². The molecular formula is C20H18N6O3. The van der Waals surface area contributed by atoms with Crippen molar-refractivity contribution in [2.24, 2.45) is 7.05 Å². The van der Waals surface area contributed by atoms with Crippen molar-refractivity contribution in [3.8, 4) is 0 Å². The molecule has 0 radical (unpaired) electrons. The molecule has 29 heavy (non-hydrogen) atoms. The van der Waals surface area contributed by atoms with Crippen LogP contribution in [-0.4, -0.2) is 29.9 Å². The number of carbonyl (C=O) groups excluding carboxylic acids is 1. The smallest absolute Gasteiger partial charge is 0.329 e. The topological polar surface area (TPSA) is 115 Å². The van der Waals surface area contributed by atoms with Crippen LogP contribution in [-0.2, 0) is 20.1 Å². The lowest BCUT2D eigenvalue weighted by Crippen LogP contribution is -2.29. The average Bonchev–Trinajstić information content (AvgIpc) is 3.11. The third-order valence-electron chi connectivity index (χ3n) is 4.58. The second-order valence-electron chi connectivity index (χ2n) is 6.52. The van der Waals surface area contributed by atoms with Crippen molar-refractivity contribution in [2.45, 2.75) is 13.1 Å². The van der Waals surface area contributed by atoms with E-state index in [1.54, 1.807) is 36.7 Å². The van der Waals surface area contributed by atoms with Gasteiger partial charge in [-0.3, -0.25) is 28.7 Å². The number of hydrogen-bond acceptors (Lipinski definition) is 6. The first-order chi connectivity index (χ1) is 14.0. The molecule has 0 saturated heterocycles. The highest BCUT2D eigenvalue weighted by Crippen LogP contribution is 2.17. The number of hydrogen-bond donors (Lipinski definition) is 2. The van der Waals surface area contributed by atoms with Crippen molar-refractivity contribution < 1.29 is 4.79 Å². The van der Waals surface area contributed by atoms with Crippen molar-refractivity contribution >= 4 is 22.9 Å². The number of pyridine rings is 1. The molecule has 0 fully saturated rings. The zero-order valence-electron chi connectivity index (χ0n) is 15.6. The number of fused-ring (bicyclic) bond motifs is 1. The molecule has 4 rings (SSSR count). The Kier molecular flexibility index (Phi) is 4.78. The highest BCUT2D eigenvalue weighted by molar-refractivity contribution is 5.96. The number of H-pyrrole nitrogens is 1. The van der Waals surface area contributed by atoms with E-state index in [-0.39, 0.29) is 23.5 Å². The molecule has 146 valence electrons. The minimum Gasteiger partial charge on any atom is -0.351 e. The molecule has 0 bridgehead atoms. The van der Waals surface area contributed by atoms with Gasteiger partial charge in [-0.25, -0.2) is 4.79 Å². The lowest BCUT2D eigenvalue weighted by Gasteiger charge is -2.10. The molecule has 3 heterocycles. The second-order valence-corrected chi connectivity index (χ2v) is 6.52. The summed E-state index contributed by atoms with van der Waals surface area (Å²) in [6.07, 6.45) is 3.38. The summed E-state index contributed by atoms with van der Waals surface area (Å²) >= 11 is 0. The van der Waals surface area contributed by atoms with Crippen molar-refractivity contribution in [3.63, 3.8) is 0 Å². The van der Waals surface area contributed by atoms with Crippen LogP contribution in [0.2, 0.25) is 0 Å². The summed E-state index contributed by atoms with van der Waals surface area (Å²) in [5.74, 6) is 0.141. The number of nitrogens with zero attached hydrogens (tertiary/aromatic N) is 4. The maximum atomic E-state index is 12.8. The third kappa shape index (κ3) is 3.57. The van der Waals surface area contributed by atoms with Gasteiger partial charge in [-0.15, -0.1) is 0 Å². The monoisotopic (exact) mass is 390 g/mol. The number of aromatic amines is 1. The Bertz CT molecular complexity index is 1290. The zero-order chi connectivity index (χ0) is 20.4. The summed E-state index contributed by atoms with van der Waals surface area (Å²) < 4.78 is 2.74. The van der Waals surface area contributed by atoms with Gasteiger partial charge in [0, 0.05) is 31.5 Å². The molecule has 0 aliphatic rings. The fourth-order valence-electron chi connectivity index (χ4n) is 3.07. The SMILES string of the molecule is Cn1c(=O)[nH]c(=O)c2c1nc(NCc1cccnc1)n2CC(=O)c1ccccc1. The summed E-state index contributed by atoms with van der Waals surface area (Å²) in [4.78, 5) is 48.0. The maximum absolute atomic E-state index is 12.8. The average molecular weight is 390 g/mol. The van der Waals surface area contributed by atoms with Crippen LogP contribution in [0.4, 0.5) is 5.95 Å². The summed E-state index contributed by atoms with van der Waals surface area (Å²) in [5.41, 5.74) is 0.627. The Morgan fingerprint density at radius 3 is 2.66 bits per heavy atom. The molecule has 1 aromatic carbocycles. The van der Waals surface area contributed by atoms with Gasteiger partial charge in [0.15, 0.2) is 16.9 Å². The fourth-order valence-corrected chi connectivity index (χ4v) is 3.07. The van der Waals surface area contributed by atoms with Gasteiger partial charge < -0.3 is 5.32 Å². The van der Waals surface area contributed by atoms with Gasteiger partial charge in [0.2, 0.25) is 5.95 Å². The van der Waals surface area contributed by atoms with Crippen LogP contribution in [0.25, 0.3) is 11.2 Å². The van der Waals surface area contributed by atoms with Crippen LogP contribution in [0, 0.1) is 0 Å². The lowest BCUT2D eigenvalue weighted by molar-refractivity contribution is 0.0974.